The van der Waals surface area contributed by atoms with E-state index in [0.717, 1.165) is 17.6 Å². The minimum Gasteiger partial charge on any atom is -0.347 e. The number of amides is 2. The molecule has 4 rings (SSSR count). The Morgan fingerprint density at radius 2 is 2.00 bits per heavy atom. The number of hydrogen-bond acceptors (Lipinski definition) is 4. The number of fused-ring (bicyclic) bond motifs is 1. The van der Waals surface area contributed by atoms with Crippen molar-refractivity contribution < 1.29 is 22.8 Å². The van der Waals surface area contributed by atoms with E-state index in [4.69, 9.17) is 0 Å². The lowest BCUT2D eigenvalue weighted by Crippen LogP contribution is -2.51. The average Bonchev–Trinajstić information content (AvgIpc) is 3.30. The molecule has 0 radical (unpaired) electrons. The number of nitrogens with one attached hydrogen (secondary N) is 2. The predicted molar refractivity (Wildman–Crippen MR) is 105 cm³/mol. The standard InChI is InChI=1S/C20H19F3N4O2S/c21-20(22,23)11-17(28)26-19(5-1-6-19)15-3-2-14(30-15)18(29)25-12-13-4-8-27-9-7-24-16(27)10-13/h2-4,7-10H,1,5-6,11-12H2,(H,25,29)(H,26,28). The van der Waals surface area contributed by atoms with Gasteiger partial charge in [0.1, 0.15) is 12.1 Å². The van der Waals surface area contributed by atoms with Crippen molar-refractivity contribution in [1.82, 2.24) is 20.0 Å². The number of nitrogens with zero attached hydrogens (tertiary/aromatic N) is 2. The van der Waals surface area contributed by atoms with Crippen LogP contribution < -0.4 is 10.6 Å². The summed E-state index contributed by atoms with van der Waals surface area (Å²) in [5.41, 5.74) is 0.868. The molecule has 6 nitrogen and oxygen atoms in total. The Balaban J connectivity index is 1.40. The summed E-state index contributed by atoms with van der Waals surface area (Å²) in [6, 6.07) is 7.11. The molecule has 3 aromatic rings. The SMILES string of the molecule is O=C(CC(F)(F)F)NC1(c2ccc(C(=O)NCc3ccn4ccnc4c3)s2)CCC1. The quantitative estimate of drug-likeness (QED) is 0.618. The maximum absolute atomic E-state index is 12.5. The Bertz CT molecular complexity index is 1090. The monoisotopic (exact) mass is 436 g/mol. The molecule has 0 atom stereocenters. The fourth-order valence-corrected chi connectivity index (χ4v) is 4.63. The first-order valence-corrected chi connectivity index (χ1v) is 10.2. The van der Waals surface area contributed by atoms with E-state index >= 15 is 0 Å². The van der Waals surface area contributed by atoms with Crippen LogP contribution in [0.1, 0.15) is 45.8 Å². The van der Waals surface area contributed by atoms with Crippen molar-refractivity contribution in [3.05, 3.63) is 58.2 Å². The van der Waals surface area contributed by atoms with Crippen LogP contribution >= 0.6 is 11.3 Å². The van der Waals surface area contributed by atoms with E-state index in [2.05, 4.69) is 15.6 Å². The molecule has 3 aromatic heterocycles. The highest BCUT2D eigenvalue weighted by atomic mass is 32.1. The fraction of sp³-hybridized carbons (Fsp3) is 0.350. The largest absolute Gasteiger partial charge is 0.397 e. The van der Waals surface area contributed by atoms with E-state index in [9.17, 15) is 22.8 Å². The molecule has 0 bridgehead atoms. The Morgan fingerprint density at radius 3 is 2.70 bits per heavy atom. The van der Waals surface area contributed by atoms with E-state index in [-0.39, 0.29) is 5.91 Å². The van der Waals surface area contributed by atoms with Crippen molar-refractivity contribution >= 4 is 28.8 Å². The number of thiophene rings is 1. The molecular weight excluding hydrogens is 417 g/mol. The van der Waals surface area contributed by atoms with E-state index < -0.39 is 24.0 Å². The Kier molecular flexibility index (Phi) is 5.27. The number of carbonyl (C=O) groups excluding carboxylic acids is 2. The molecule has 2 amide bonds. The summed E-state index contributed by atoms with van der Waals surface area (Å²) in [6.07, 6.45) is 1.25. The summed E-state index contributed by atoms with van der Waals surface area (Å²) in [5, 5.41) is 5.38. The second kappa shape index (κ2) is 7.75. The molecule has 0 aromatic carbocycles. The van der Waals surface area contributed by atoms with Crippen LogP contribution in [0.2, 0.25) is 0 Å². The van der Waals surface area contributed by atoms with Gasteiger partial charge in [-0.25, -0.2) is 4.98 Å². The number of halogens is 3. The van der Waals surface area contributed by atoms with E-state index in [1.54, 1.807) is 18.3 Å². The minimum atomic E-state index is -4.55. The third-order valence-electron chi connectivity index (χ3n) is 5.16. The smallest absolute Gasteiger partial charge is 0.347 e. The molecule has 158 valence electrons. The zero-order chi connectivity index (χ0) is 21.4. The van der Waals surface area contributed by atoms with Gasteiger partial charge in [-0.3, -0.25) is 9.59 Å². The molecule has 2 N–H and O–H groups in total. The van der Waals surface area contributed by atoms with Crippen LogP contribution in [-0.4, -0.2) is 27.4 Å². The average molecular weight is 436 g/mol. The van der Waals surface area contributed by atoms with Gasteiger partial charge in [-0.15, -0.1) is 11.3 Å². The van der Waals surface area contributed by atoms with Crippen molar-refractivity contribution in [3.63, 3.8) is 0 Å². The molecule has 1 saturated carbocycles. The Hall–Kier alpha value is -2.88. The Morgan fingerprint density at radius 1 is 1.20 bits per heavy atom. The normalized spacial score (nSPS) is 15.6. The first-order valence-electron chi connectivity index (χ1n) is 9.42. The summed E-state index contributed by atoms with van der Waals surface area (Å²) in [6.45, 7) is 0.322. The highest BCUT2D eigenvalue weighted by Gasteiger charge is 2.43. The van der Waals surface area contributed by atoms with Gasteiger partial charge in [-0.2, -0.15) is 13.2 Å². The molecular formula is C20H19F3N4O2S. The number of imidazole rings is 1. The highest BCUT2D eigenvalue weighted by Crippen LogP contribution is 2.44. The summed E-state index contributed by atoms with van der Waals surface area (Å²) < 4.78 is 39.3. The maximum Gasteiger partial charge on any atom is 0.397 e. The van der Waals surface area contributed by atoms with Crippen LogP contribution in [-0.2, 0) is 16.9 Å². The highest BCUT2D eigenvalue weighted by molar-refractivity contribution is 7.14. The van der Waals surface area contributed by atoms with E-state index in [0.29, 0.717) is 29.1 Å². The lowest BCUT2D eigenvalue weighted by atomic mass is 9.75. The first kappa shape index (κ1) is 20.4. The summed E-state index contributed by atoms with van der Waals surface area (Å²) in [5.74, 6) is -1.32. The molecule has 1 aliphatic carbocycles. The summed E-state index contributed by atoms with van der Waals surface area (Å²) in [7, 11) is 0. The number of pyridine rings is 1. The summed E-state index contributed by atoms with van der Waals surface area (Å²) >= 11 is 1.20. The van der Waals surface area contributed by atoms with Crippen molar-refractivity contribution in [2.75, 3.05) is 0 Å². The van der Waals surface area contributed by atoms with Crippen LogP contribution in [0, 0.1) is 0 Å². The maximum atomic E-state index is 12.5. The first-order chi connectivity index (χ1) is 14.2. The van der Waals surface area contributed by atoms with Gasteiger partial charge in [0.15, 0.2) is 0 Å². The van der Waals surface area contributed by atoms with Gasteiger partial charge < -0.3 is 15.0 Å². The van der Waals surface area contributed by atoms with Crippen LogP contribution in [0.15, 0.2) is 42.9 Å². The van der Waals surface area contributed by atoms with Crippen LogP contribution in [0.4, 0.5) is 13.2 Å². The minimum absolute atomic E-state index is 0.273. The molecule has 1 fully saturated rings. The van der Waals surface area contributed by atoms with E-state index in [1.165, 1.54) is 11.3 Å². The zero-order valence-corrected chi connectivity index (χ0v) is 16.6. The molecule has 3 heterocycles. The predicted octanol–water partition coefficient (Wildman–Crippen LogP) is 3.77. The number of alkyl halides is 3. The van der Waals surface area contributed by atoms with Crippen molar-refractivity contribution in [2.45, 2.75) is 43.9 Å². The third kappa shape index (κ3) is 4.33. The molecule has 0 aliphatic heterocycles. The molecule has 0 unspecified atom stereocenters. The van der Waals surface area contributed by atoms with Crippen molar-refractivity contribution in [2.24, 2.45) is 0 Å². The van der Waals surface area contributed by atoms with Gasteiger partial charge in [-0.05, 0) is 49.1 Å². The van der Waals surface area contributed by atoms with Gasteiger partial charge in [0.05, 0.1) is 10.4 Å². The van der Waals surface area contributed by atoms with Gasteiger partial charge >= 0.3 is 6.18 Å². The van der Waals surface area contributed by atoms with Gasteiger partial charge in [-0.1, -0.05) is 0 Å². The number of carbonyl (C=O) groups is 2. The second-order valence-electron chi connectivity index (χ2n) is 7.35. The zero-order valence-electron chi connectivity index (χ0n) is 15.8. The second-order valence-corrected chi connectivity index (χ2v) is 8.43. The molecule has 10 heteroatoms. The van der Waals surface area contributed by atoms with Gasteiger partial charge in [0.2, 0.25) is 5.91 Å². The fourth-order valence-electron chi connectivity index (χ4n) is 3.51. The lowest BCUT2D eigenvalue weighted by Gasteiger charge is -2.42. The summed E-state index contributed by atoms with van der Waals surface area (Å²) in [4.78, 5) is 29.7. The van der Waals surface area contributed by atoms with Crippen molar-refractivity contribution in [1.29, 1.82) is 0 Å². The van der Waals surface area contributed by atoms with Gasteiger partial charge in [0, 0.05) is 30.0 Å². The Labute approximate surface area is 174 Å². The lowest BCUT2D eigenvalue weighted by molar-refractivity contribution is -0.155. The number of rotatable bonds is 6. The molecule has 0 spiro atoms. The van der Waals surface area contributed by atoms with Crippen LogP contribution in [0.5, 0.6) is 0 Å². The van der Waals surface area contributed by atoms with Crippen LogP contribution in [0.25, 0.3) is 5.65 Å². The number of aromatic nitrogens is 2. The van der Waals surface area contributed by atoms with Crippen molar-refractivity contribution in [3.8, 4) is 0 Å². The van der Waals surface area contributed by atoms with Gasteiger partial charge in [0.25, 0.3) is 5.91 Å². The van der Waals surface area contributed by atoms with E-state index in [1.807, 2.05) is 28.9 Å². The molecule has 30 heavy (non-hydrogen) atoms. The van der Waals surface area contributed by atoms with Crippen LogP contribution in [0.3, 0.4) is 0 Å². The topological polar surface area (TPSA) is 75.5 Å². The molecule has 1 aliphatic rings. The number of hydrogen-bond donors (Lipinski definition) is 2. The third-order valence-corrected chi connectivity index (χ3v) is 6.45. The molecule has 0 saturated heterocycles.